The van der Waals surface area contributed by atoms with Gasteiger partial charge in [0, 0.05) is 32.7 Å². The molecule has 0 bridgehead atoms. The average molecular weight is 404 g/mol. The molecule has 0 spiro atoms. The summed E-state index contributed by atoms with van der Waals surface area (Å²) in [5, 5.41) is -0.00200. The molecule has 2 rings (SSSR count). The molecule has 0 saturated carbocycles. The molecule has 0 unspecified atom stereocenters. The predicted octanol–water partition coefficient (Wildman–Crippen LogP) is 1.43. The highest BCUT2D eigenvalue weighted by Crippen LogP contribution is 2.23. The Morgan fingerprint density at radius 1 is 1.23 bits per heavy atom. The van der Waals surface area contributed by atoms with Crippen LogP contribution in [-0.2, 0) is 14.8 Å². The van der Waals surface area contributed by atoms with Gasteiger partial charge in [0.05, 0.1) is 17.7 Å². The molecule has 1 N–H and O–H groups in total. The molecule has 0 aliphatic carbocycles. The van der Waals surface area contributed by atoms with Crippen molar-refractivity contribution in [2.45, 2.75) is 17.7 Å². The van der Waals surface area contributed by atoms with Crippen LogP contribution in [-0.4, -0.2) is 77.6 Å². The summed E-state index contributed by atoms with van der Waals surface area (Å²) in [6.45, 7) is 5.60. The average Bonchev–Trinajstić information content (AvgIpc) is 2.62. The Morgan fingerprint density at radius 2 is 1.92 bits per heavy atom. The number of likely N-dealkylation sites (N-methyl/N-ethyl adjacent to an activating group) is 1. The van der Waals surface area contributed by atoms with E-state index in [1.54, 1.807) is 0 Å². The summed E-state index contributed by atoms with van der Waals surface area (Å²) < 4.78 is 31.9. The number of carbonyl (C=O) groups is 1. The lowest BCUT2D eigenvalue weighted by atomic mass is 10.2. The molecular formula is C17H26ClN3O4S. The van der Waals surface area contributed by atoms with Gasteiger partial charge >= 0.3 is 5.97 Å². The van der Waals surface area contributed by atoms with Crippen molar-refractivity contribution in [1.82, 2.24) is 14.5 Å². The van der Waals surface area contributed by atoms with Crippen molar-refractivity contribution in [2.24, 2.45) is 0 Å². The van der Waals surface area contributed by atoms with Crippen LogP contribution in [0.5, 0.6) is 0 Å². The highest BCUT2D eigenvalue weighted by Gasteiger charge is 2.19. The molecule has 9 heteroatoms. The number of benzene rings is 1. The third-order valence-electron chi connectivity index (χ3n) is 4.43. The summed E-state index contributed by atoms with van der Waals surface area (Å²) in [5.41, 5.74) is 0.212. The molecule has 1 saturated heterocycles. The molecule has 1 aromatic carbocycles. The van der Waals surface area contributed by atoms with Crippen LogP contribution in [0, 0.1) is 0 Å². The first kappa shape index (κ1) is 21.1. The molecular weight excluding hydrogens is 378 g/mol. The zero-order chi connectivity index (χ0) is 19.2. The van der Waals surface area contributed by atoms with Crippen LogP contribution in [0.4, 0.5) is 0 Å². The number of nitrogens with one attached hydrogen (secondary N) is 1. The van der Waals surface area contributed by atoms with Gasteiger partial charge in [-0.25, -0.2) is 17.9 Å². The molecule has 1 aliphatic heterocycles. The molecule has 0 amide bonds. The number of rotatable bonds is 8. The van der Waals surface area contributed by atoms with E-state index in [0.29, 0.717) is 6.54 Å². The van der Waals surface area contributed by atoms with Gasteiger partial charge in [-0.3, -0.25) is 0 Å². The molecule has 7 nitrogen and oxygen atoms in total. The molecule has 1 fully saturated rings. The van der Waals surface area contributed by atoms with Crippen LogP contribution in [0.25, 0.3) is 0 Å². The van der Waals surface area contributed by atoms with Gasteiger partial charge < -0.3 is 14.5 Å². The largest absolute Gasteiger partial charge is 0.465 e. The van der Waals surface area contributed by atoms with E-state index < -0.39 is 16.0 Å². The summed E-state index contributed by atoms with van der Waals surface area (Å²) in [4.78, 5) is 16.1. The molecule has 0 aromatic heterocycles. The van der Waals surface area contributed by atoms with Gasteiger partial charge in [0.25, 0.3) is 0 Å². The second kappa shape index (κ2) is 9.66. The van der Waals surface area contributed by atoms with Crippen molar-refractivity contribution < 1.29 is 17.9 Å². The maximum absolute atomic E-state index is 12.4. The fourth-order valence-electron chi connectivity index (χ4n) is 2.78. The number of methoxy groups -OCH3 is 1. The minimum atomic E-state index is -3.71. The number of piperazine rings is 1. The Hall–Kier alpha value is -1.19. The normalized spacial score (nSPS) is 16.6. The van der Waals surface area contributed by atoms with Crippen molar-refractivity contribution in [3.05, 3.63) is 28.8 Å². The highest BCUT2D eigenvalue weighted by molar-refractivity contribution is 7.89. The van der Waals surface area contributed by atoms with Crippen molar-refractivity contribution in [1.29, 1.82) is 0 Å². The fraction of sp³-hybridized carbons (Fsp3) is 0.588. The van der Waals surface area contributed by atoms with E-state index in [4.69, 9.17) is 11.6 Å². The van der Waals surface area contributed by atoms with Crippen LogP contribution in [0.1, 0.15) is 23.2 Å². The number of halogens is 1. The van der Waals surface area contributed by atoms with Crippen molar-refractivity contribution in [2.75, 3.05) is 53.4 Å². The molecule has 1 heterocycles. The summed E-state index contributed by atoms with van der Waals surface area (Å²) in [7, 11) is -0.333. The maximum Gasteiger partial charge on any atom is 0.337 e. The topological polar surface area (TPSA) is 78.9 Å². The zero-order valence-corrected chi connectivity index (χ0v) is 16.8. The summed E-state index contributed by atoms with van der Waals surface area (Å²) in [6, 6.07) is 4.01. The fourth-order valence-corrected chi connectivity index (χ4v) is 4.40. The minimum Gasteiger partial charge on any atom is -0.465 e. The quantitative estimate of drug-likeness (QED) is 0.522. The first-order valence-electron chi connectivity index (χ1n) is 8.62. The summed E-state index contributed by atoms with van der Waals surface area (Å²) in [5.74, 6) is -0.562. The Kier molecular flexibility index (Phi) is 7.85. The Bertz CT molecular complexity index is 719. The highest BCUT2D eigenvalue weighted by atomic mass is 35.5. The number of esters is 1. The standard InChI is InChI=1S/C17H26ClN3O4S/c1-20-9-11-21(12-10-20)8-4-3-7-19-26(23,24)16-6-5-14(13-15(16)18)17(22)25-2/h5-6,13,19H,3-4,7-12H2,1-2H3. The Labute approximate surface area is 160 Å². The number of unbranched alkanes of at least 4 members (excludes halogenated alkanes) is 1. The number of sulfonamides is 1. The second-order valence-electron chi connectivity index (χ2n) is 6.39. The van der Waals surface area contributed by atoms with Gasteiger partial charge in [-0.05, 0) is 44.6 Å². The van der Waals surface area contributed by atoms with E-state index in [9.17, 15) is 13.2 Å². The lowest BCUT2D eigenvalue weighted by Crippen LogP contribution is -2.44. The number of carbonyl (C=O) groups excluding carboxylic acids is 1. The van der Waals surface area contributed by atoms with E-state index >= 15 is 0 Å². The maximum atomic E-state index is 12.4. The monoisotopic (exact) mass is 403 g/mol. The third kappa shape index (κ3) is 5.92. The van der Waals surface area contributed by atoms with Gasteiger partial charge in [0.1, 0.15) is 4.90 Å². The molecule has 26 heavy (non-hydrogen) atoms. The first-order chi connectivity index (χ1) is 12.3. The smallest absolute Gasteiger partial charge is 0.337 e. The van der Waals surface area contributed by atoms with E-state index in [-0.39, 0.29) is 15.5 Å². The molecule has 0 radical (unpaired) electrons. The molecule has 1 aromatic rings. The number of nitrogens with zero attached hydrogens (tertiary/aromatic N) is 2. The van der Waals surface area contributed by atoms with Gasteiger partial charge in [-0.2, -0.15) is 0 Å². The van der Waals surface area contributed by atoms with Crippen molar-refractivity contribution in [3.8, 4) is 0 Å². The zero-order valence-electron chi connectivity index (χ0n) is 15.2. The minimum absolute atomic E-state index is 0.00200. The van der Waals surface area contributed by atoms with Crippen LogP contribution < -0.4 is 4.72 Å². The number of hydrogen-bond acceptors (Lipinski definition) is 6. The third-order valence-corrected chi connectivity index (χ3v) is 6.38. The molecule has 0 atom stereocenters. The van der Waals surface area contributed by atoms with Crippen molar-refractivity contribution >= 4 is 27.6 Å². The lowest BCUT2D eigenvalue weighted by molar-refractivity contribution is 0.0600. The Morgan fingerprint density at radius 3 is 2.54 bits per heavy atom. The van der Waals surface area contributed by atoms with Crippen LogP contribution in [0.15, 0.2) is 23.1 Å². The van der Waals surface area contributed by atoms with E-state index in [1.807, 2.05) is 0 Å². The predicted molar refractivity (Wildman–Crippen MR) is 101 cm³/mol. The molecule has 1 aliphatic rings. The van der Waals surface area contributed by atoms with E-state index in [1.165, 1.54) is 25.3 Å². The first-order valence-corrected chi connectivity index (χ1v) is 10.5. The van der Waals surface area contributed by atoms with Gasteiger partial charge in [0.15, 0.2) is 0 Å². The second-order valence-corrected chi connectivity index (χ2v) is 8.53. The van der Waals surface area contributed by atoms with Crippen LogP contribution >= 0.6 is 11.6 Å². The molecule has 146 valence electrons. The van der Waals surface area contributed by atoms with E-state index in [2.05, 4.69) is 26.3 Å². The van der Waals surface area contributed by atoms with Gasteiger partial charge in [-0.15, -0.1) is 0 Å². The summed E-state index contributed by atoms with van der Waals surface area (Å²) in [6.07, 6.45) is 1.69. The summed E-state index contributed by atoms with van der Waals surface area (Å²) >= 11 is 6.03. The van der Waals surface area contributed by atoms with Crippen LogP contribution in [0.3, 0.4) is 0 Å². The Balaban J connectivity index is 1.80. The van der Waals surface area contributed by atoms with Crippen LogP contribution in [0.2, 0.25) is 5.02 Å². The number of ether oxygens (including phenoxy) is 1. The van der Waals surface area contributed by atoms with Gasteiger partial charge in [0.2, 0.25) is 10.0 Å². The SMILES string of the molecule is COC(=O)c1ccc(S(=O)(=O)NCCCCN2CCN(C)CC2)c(Cl)c1. The van der Waals surface area contributed by atoms with E-state index in [0.717, 1.165) is 45.6 Å². The number of hydrogen-bond donors (Lipinski definition) is 1. The van der Waals surface area contributed by atoms with Gasteiger partial charge in [-0.1, -0.05) is 11.6 Å². The van der Waals surface area contributed by atoms with Crippen molar-refractivity contribution in [3.63, 3.8) is 0 Å². The lowest BCUT2D eigenvalue weighted by Gasteiger charge is -2.32.